The molecule has 2 aliphatic heterocycles. The highest BCUT2D eigenvalue weighted by molar-refractivity contribution is 9.10. The van der Waals surface area contributed by atoms with Gasteiger partial charge in [0.05, 0.1) is 12.2 Å². The molecule has 3 aromatic carbocycles. The number of hydrogen-bond donors (Lipinski definition) is 0. The quantitative estimate of drug-likeness (QED) is 0.339. The van der Waals surface area contributed by atoms with Gasteiger partial charge in [0, 0.05) is 25.6 Å². The first-order chi connectivity index (χ1) is 15.5. The molecule has 0 N–H and O–H groups in total. The molecule has 0 fully saturated rings. The minimum Gasteiger partial charge on any atom is -0.488 e. The van der Waals surface area contributed by atoms with Crippen LogP contribution in [0.2, 0.25) is 0 Å². The molecule has 32 heavy (non-hydrogen) atoms. The molecular weight excluding hydrogens is 540 g/mol. The molecule has 0 aliphatic carbocycles. The van der Waals surface area contributed by atoms with E-state index in [4.69, 9.17) is 18.9 Å². The lowest BCUT2D eigenvalue weighted by Gasteiger charge is -2.21. The number of Topliss-reactive ketones (excluding diaryl/α,β-unsaturated/α-hetero) is 1. The molecule has 0 atom stereocenters. The fourth-order valence-corrected chi connectivity index (χ4v) is 4.76. The highest BCUT2D eigenvalue weighted by Gasteiger charge is 2.30. The van der Waals surface area contributed by atoms with E-state index in [1.807, 2.05) is 49.4 Å². The minimum atomic E-state index is -0.135. The summed E-state index contributed by atoms with van der Waals surface area (Å²) in [6.07, 6.45) is 1.75. The van der Waals surface area contributed by atoms with Crippen LogP contribution in [0.5, 0.6) is 17.2 Å². The number of halogens is 2. The summed E-state index contributed by atoms with van der Waals surface area (Å²) in [6.45, 7) is 2.94. The Balaban J connectivity index is 1.40. The first-order valence-corrected chi connectivity index (χ1v) is 11.6. The second-order valence-corrected chi connectivity index (χ2v) is 9.34. The van der Waals surface area contributed by atoms with Gasteiger partial charge in [0.15, 0.2) is 12.6 Å². The predicted octanol–water partition coefficient (Wildman–Crippen LogP) is 6.58. The lowest BCUT2D eigenvalue weighted by molar-refractivity contribution is -0.0176. The van der Waals surface area contributed by atoms with Crippen LogP contribution >= 0.6 is 31.9 Å². The Labute approximate surface area is 202 Å². The predicted molar refractivity (Wildman–Crippen MR) is 127 cm³/mol. The number of rotatable bonds is 4. The van der Waals surface area contributed by atoms with Gasteiger partial charge in [0.1, 0.15) is 23.9 Å². The van der Waals surface area contributed by atoms with Gasteiger partial charge in [0.2, 0.25) is 5.78 Å². The maximum Gasteiger partial charge on any atom is 0.231 e. The summed E-state index contributed by atoms with van der Waals surface area (Å²) in [4.78, 5) is 12.8. The monoisotopic (exact) mass is 556 g/mol. The van der Waals surface area contributed by atoms with Gasteiger partial charge in [-0.25, -0.2) is 0 Å². The fraction of sp³-hybridized carbons (Fsp3) is 0.160. The summed E-state index contributed by atoms with van der Waals surface area (Å²) in [6, 6.07) is 15.2. The van der Waals surface area contributed by atoms with Crippen molar-refractivity contribution in [2.75, 3.05) is 6.79 Å². The second kappa shape index (κ2) is 8.73. The molecule has 5 rings (SSSR count). The summed E-state index contributed by atoms with van der Waals surface area (Å²) in [5.74, 6) is 2.15. The van der Waals surface area contributed by atoms with E-state index in [1.54, 1.807) is 12.1 Å². The maximum absolute atomic E-state index is 12.8. The zero-order valence-corrected chi connectivity index (χ0v) is 20.3. The van der Waals surface area contributed by atoms with E-state index in [9.17, 15) is 4.79 Å². The molecule has 0 saturated carbocycles. The molecule has 162 valence electrons. The van der Waals surface area contributed by atoms with Gasteiger partial charge in [-0.2, -0.15) is 0 Å². The molecular formula is C25H18Br2O5. The Bertz CT molecular complexity index is 1270. The van der Waals surface area contributed by atoms with E-state index in [1.165, 1.54) is 0 Å². The van der Waals surface area contributed by atoms with Crippen molar-refractivity contribution >= 4 is 43.7 Å². The van der Waals surface area contributed by atoms with Crippen LogP contribution in [0.15, 0.2) is 63.2 Å². The molecule has 0 amide bonds. The van der Waals surface area contributed by atoms with Crippen LogP contribution in [0.3, 0.4) is 0 Å². The number of allylic oxidation sites excluding steroid dienone is 1. The van der Waals surface area contributed by atoms with E-state index in [-0.39, 0.29) is 12.6 Å². The number of benzene rings is 3. The Morgan fingerprint density at radius 2 is 1.94 bits per heavy atom. The molecule has 0 bridgehead atoms. The summed E-state index contributed by atoms with van der Waals surface area (Å²) < 4.78 is 25.0. The lowest BCUT2D eigenvalue weighted by atomic mass is 10.1. The highest BCUT2D eigenvalue weighted by atomic mass is 79.9. The van der Waals surface area contributed by atoms with Crippen LogP contribution in [0.1, 0.15) is 32.6 Å². The summed E-state index contributed by atoms with van der Waals surface area (Å²) in [7, 11) is 0. The maximum atomic E-state index is 12.8. The van der Waals surface area contributed by atoms with Crippen LogP contribution in [-0.2, 0) is 18.0 Å². The van der Waals surface area contributed by atoms with Crippen LogP contribution in [0, 0.1) is 6.92 Å². The van der Waals surface area contributed by atoms with Gasteiger partial charge in [-0.05, 0) is 55.0 Å². The van der Waals surface area contributed by atoms with Crippen molar-refractivity contribution < 1.29 is 23.7 Å². The van der Waals surface area contributed by atoms with Crippen LogP contribution < -0.4 is 14.2 Å². The SMILES string of the molecule is Cc1c(OCc2cc(Br)cc3c2OCOC3)ccc2c1O/C(=C\c1cccc(Br)c1)C2=O. The first kappa shape index (κ1) is 21.2. The molecule has 0 aromatic heterocycles. The van der Waals surface area contributed by atoms with Crippen molar-refractivity contribution in [2.45, 2.75) is 20.1 Å². The number of ketones is 1. The molecule has 0 radical (unpaired) electrons. The number of ether oxygens (including phenoxy) is 4. The van der Waals surface area contributed by atoms with Crippen LogP contribution in [-0.4, -0.2) is 12.6 Å². The number of fused-ring (bicyclic) bond motifs is 2. The smallest absolute Gasteiger partial charge is 0.231 e. The van der Waals surface area contributed by atoms with Crippen molar-refractivity contribution in [1.82, 2.24) is 0 Å². The third-order valence-electron chi connectivity index (χ3n) is 5.32. The Kier molecular flexibility index (Phi) is 5.80. The number of carbonyl (C=O) groups excluding carboxylic acids is 1. The lowest BCUT2D eigenvalue weighted by Crippen LogP contribution is -2.14. The third kappa shape index (κ3) is 4.08. The second-order valence-electron chi connectivity index (χ2n) is 7.51. The standard InChI is InChI=1S/C25H18Br2O5/c1-14-21(30-12-17-10-19(27)9-16-11-29-13-31-25(16)17)6-5-20-23(28)22(32-24(14)20)8-15-3-2-4-18(26)7-15/h2-10H,11-13H2,1H3/b22-8-. The summed E-state index contributed by atoms with van der Waals surface area (Å²) in [5.41, 5.74) is 4.10. The van der Waals surface area contributed by atoms with Crippen molar-refractivity contribution in [2.24, 2.45) is 0 Å². The van der Waals surface area contributed by atoms with Gasteiger partial charge in [-0.15, -0.1) is 0 Å². The molecule has 2 aliphatic rings. The average Bonchev–Trinajstić information content (AvgIpc) is 3.09. The first-order valence-electron chi connectivity index (χ1n) is 9.97. The van der Waals surface area contributed by atoms with E-state index < -0.39 is 0 Å². The zero-order chi connectivity index (χ0) is 22.2. The van der Waals surface area contributed by atoms with Gasteiger partial charge < -0.3 is 18.9 Å². The topological polar surface area (TPSA) is 54.0 Å². The van der Waals surface area contributed by atoms with Crippen LogP contribution in [0.4, 0.5) is 0 Å². The van der Waals surface area contributed by atoms with Crippen molar-refractivity contribution in [3.8, 4) is 17.2 Å². The molecule has 7 heteroatoms. The van der Waals surface area contributed by atoms with Crippen molar-refractivity contribution in [1.29, 1.82) is 0 Å². The van der Waals surface area contributed by atoms with Gasteiger partial charge >= 0.3 is 0 Å². The average molecular weight is 558 g/mol. The third-order valence-corrected chi connectivity index (χ3v) is 6.27. The summed E-state index contributed by atoms with van der Waals surface area (Å²) in [5, 5.41) is 0. The summed E-state index contributed by atoms with van der Waals surface area (Å²) >= 11 is 6.98. The van der Waals surface area contributed by atoms with Crippen molar-refractivity contribution in [3.05, 3.63) is 91.1 Å². The minimum absolute atomic E-state index is 0.135. The highest BCUT2D eigenvalue weighted by Crippen LogP contribution is 2.40. The number of hydrogen-bond acceptors (Lipinski definition) is 5. The molecule has 5 nitrogen and oxygen atoms in total. The van der Waals surface area contributed by atoms with Crippen molar-refractivity contribution in [3.63, 3.8) is 0 Å². The van der Waals surface area contributed by atoms with Gasteiger partial charge in [-0.1, -0.05) is 44.0 Å². The Morgan fingerprint density at radius 1 is 1.06 bits per heavy atom. The van der Waals surface area contributed by atoms with E-state index in [0.29, 0.717) is 36.0 Å². The normalized spacial score (nSPS) is 15.7. The zero-order valence-electron chi connectivity index (χ0n) is 17.1. The molecule has 0 saturated heterocycles. The largest absolute Gasteiger partial charge is 0.488 e. The molecule has 3 aromatic rings. The molecule has 2 heterocycles. The molecule has 0 spiro atoms. The molecule has 0 unspecified atom stereocenters. The van der Waals surface area contributed by atoms with Gasteiger partial charge in [0.25, 0.3) is 0 Å². The Morgan fingerprint density at radius 3 is 2.78 bits per heavy atom. The van der Waals surface area contributed by atoms with E-state index in [2.05, 4.69) is 31.9 Å². The number of carbonyl (C=O) groups is 1. The van der Waals surface area contributed by atoms with Gasteiger partial charge in [-0.3, -0.25) is 4.79 Å². The Hall–Kier alpha value is -2.61. The van der Waals surface area contributed by atoms with Crippen LogP contribution in [0.25, 0.3) is 6.08 Å². The van der Waals surface area contributed by atoms with E-state index in [0.717, 1.165) is 36.9 Å². The van der Waals surface area contributed by atoms with E-state index >= 15 is 0 Å². The fourth-order valence-electron chi connectivity index (χ4n) is 3.79.